The van der Waals surface area contributed by atoms with Crippen LogP contribution in [-0.4, -0.2) is 23.2 Å². The summed E-state index contributed by atoms with van der Waals surface area (Å²) in [5.74, 6) is -2.56. The third kappa shape index (κ3) is 2.10. The lowest BCUT2D eigenvalue weighted by atomic mass is 9.81. The second-order valence-corrected chi connectivity index (χ2v) is 3.38. The molecule has 0 unspecified atom stereocenters. The van der Waals surface area contributed by atoms with Gasteiger partial charge in [-0.25, -0.2) is 8.78 Å². The van der Waals surface area contributed by atoms with Gasteiger partial charge in [-0.05, 0) is 12.8 Å². The summed E-state index contributed by atoms with van der Waals surface area (Å²) in [6, 6.07) is 0. The molecule has 0 bridgehead atoms. The van der Waals surface area contributed by atoms with Gasteiger partial charge in [-0.15, -0.1) is 0 Å². The van der Waals surface area contributed by atoms with Crippen molar-refractivity contribution in [2.45, 2.75) is 37.1 Å². The van der Waals surface area contributed by atoms with Gasteiger partial charge in [0.15, 0.2) is 0 Å². The molecule has 0 radical (unpaired) electrons. The molecule has 1 saturated carbocycles. The van der Waals surface area contributed by atoms with Crippen LogP contribution in [0.15, 0.2) is 0 Å². The second kappa shape index (κ2) is 2.68. The first-order valence-electron chi connectivity index (χ1n) is 3.75. The molecule has 3 N–H and O–H groups in total. The number of halogens is 2. The highest BCUT2D eigenvalue weighted by Crippen LogP contribution is 2.36. The van der Waals surface area contributed by atoms with E-state index in [-0.39, 0.29) is 32.3 Å². The summed E-state index contributed by atoms with van der Waals surface area (Å²) in [6.45, 7) is -0.191. The summed E-state index contributed by atoms with van der Waals surface area (Å²) in [7, 11) is 0. The lowest BCUT2D eigenvalue weighted by Gasteiger charge is -2.35. The van der Waals surface area contributed by atoms with Crippen LogP contribution in [-0.2, 0) is 0 Å². The average Bonchev–Trinajstić information content (AvgIpc) is 1.97. The first-order chi connectivity index (χ1) is 4.97. The van der Waals surface area contributed by atoms with Gasteiger partial charge in [0.05, 0.1) is 6.61 Å². The van der Waals surface area contributed by atoms with E-state index in [2.05, 4.69) is 0 Å². The fraction of sp³-hybridized carbons (Fsp3) is 1.00. The number of nitrogens with two attached hydrogens (primary N) is 1. The Morgan fingerprint density at radius 2 is 1.64 bits per heavy atom. The summed E-state index contributed by atoms with van der Waals surface area (Å²) >= 11 is 0. The minimum absolute atomic E-state index is 0.190. The highest BCUT2D eigenvalue weighted by Gasteiger charge is 2.40. The zero-order chi connectivity index (χ0) is 8.54. The van der Waals surface area contributed by atoms with Gasteiger partial charge in [-0.2, -0.15) is 0 Å². The highest BCUT2D eigenvalue weighted by atomic mass is 19.3. The third-order valence-corrected chi connectivity index (χ3v) is 2.29. The van der Waals surface area contributed by atoms with Gasteiger partial charge >= 0.3 is 0 Å². The first-order valence-corrected chi connectivity index (χ1v) is 3.75. The van der Waals surface area contributed by atoms with Gasteiger partial charge in [0.1, 0.15) is 0 Å². The van der Waals surface area contributed by atoms with Crippen molar-refractivity contribution < 1.29 is 13.9 Å². The van der Waals surface area contributed by atoms with Gasteiger partial charge in [-0.3, -0.25) is 0 Å². The Kier molecular flexibility index (Phi) is 2.16. The maximum atomic E-state index is 12.5. The Labute approximate surface area is 64.4 Å². The van der Waals surface area contributed by atoms with E-state index in [0.717, 1.165) is 0 Å². The van der Waals surface area contributed by atoms with E-state index in [9.17, 15) is 8.78 Å². The van der Waals surface area contributed by atoms with Crippen molar-refractivity contribution in [3.63, 3.8) is 0 Å². The van der Waals surface area contributed by atoms with Crippen LogP contribution in [0.1, 0.15) is 25.7 Å². The zero-order valence-electron chi connectivity index (χ0n) is 6.32. The van der Waals surface area contributed by atoms with Crippen molar-refractivity contribution in [1.82, 2.24) is 0 Å². The van der Waals surface area contributed by atoms with Crippen LogP contribution < -0.4 is 5.73 Å². The summed E-state index contributed by atoms with van der Waals surface area (Å²) in [4.78, 5) is 0. The molecule has 0 heterocycles. The number of hydrogen-bond acceptors (Lipinski definition) is 2. The minimum atomic E-state index is -2.56. The smallest absolute Gasteiger partial charge is 0.248 e. The van der Waals surface area contributed by atoms with E-state index >= 15 is 0 Å². The Hall–Kier alpha value is -0.220. The molecule has 1 aliphatic carbocycles. The molecule has 0 amide bonds. The lowest BCUT2D eigenvalue weighted by molar-refractivity contribution is -0.0570. The molecule has 0 atom stereocenters. The van der Waals surface area contributed by atoms with Gasteiger partial charge in [0.2, 0.25) is 5.92 Å². The van der Waals surface area contributed by atoms with E-state index < -0.39 is 11.5 Å². The van der Waals surface area contributed by atoms with Crippen molar-refractivity contribution in [3.05, 3.63) is 0 Å². The van der Waals surface area contributed by atoms with Crippen molar-refractivity contribution in [2.75, 3.05) is 6.61 Å². The summed E-state index contributed by atoms with van der Waals surface area (Å²) < 4.78 is 25.1. The normalized spacial score (nSPS) is 28.4. The van der Waals surface area contributed by atoms with Crippen LogP contribution in [0.3, 0.4) is 0 Å². The lowest BCUT2D eigenvalue weighted by Crippen LogP contribution is -2.48. The molecule has 11 heavy (non-hydrogen) atoms. The molecule has 4 heteroatoms. The van der Waals surface area contributed by atoms with Crippen molar-refractivity contribution in [2.24, 2.45) is 5.73 Å². The van der Waals surface area contributed by atoms with Gasteiger partial charge in [0, 0.05) is 18.4 Å². The number of hydrogen-bond donors (Lipinski definition) is 2. The Morgan fingerprint density at radius 3 is 2.00 bits per heavy atom. The van der Waals surface area contributed by atoms with Crippen molar-refractivity contribution in [3.8, 4) is 0 Å². The molecular weight excluding hydrogens is 152 g/mol. The fourth-order valence-corrected chi connectivity index (χ4v) is 1.27. The second-order valence-electron chi connectivity index (χ2n) is 3.38. The maximum absolute atomic E-state index is 12.5. The van der Waals surface area contributed by atoms with E-state index in [4.69, 9.17) is 10.8 Å². The van der Waals surface area contributed by atoms with Crippen LogP contribution in [0.5, 0.6) is 0 Å². The summed E-state index contributed by atoms with van der Waals surface area (Å²) in [6.07, 6.45) is 0.0567. The number of alkyl halides is 2. The largest absolute Gasteiger partial charge is 0.394 e. The van der Waals surface area contributed by atoms with E-state index in [1.54, 1.807) is 0 Å². The van der Waals surface area contributed by atoms with Crippen LogP contribution in [0.2, 0.25) is 0 Å². The Morgan fingerprint density at radius 1 is 1.18 bits per heavy atom. The van der Waals surface area contributed by atoms with Crippen molar-refractivity contribution >= 4 is 0 Å². The molecule has 1 rings (SSSR count). The molecule has 1 fully saturated rings. The van der Waals surface area contributed by atoms with Crippen LogP contribution in [0.25, 0.3) is 0 Å². The Bertz CT molecular complexity index is 139. The SMILES string of the molecule is NC1(CO)CCC(F)(F)CC1. The summed E-state index contributed by atoms with van der Waals surface area (Å²) in [5.41, 5.74) is 4.85. The molecule has 1 aliphatic rings. The minimum Gasteiger partial charge on any atom is -0.394 e. The number of rotatable bonds is 1. The van der Waals surface area contributed by atoms with E-state index in [1.807, 2.05) is 0 Å². The van der Waals surface area contributed by atoms with Gasteiger partial charge < -0.3 is 10.8 Å². The van der Waals surface area contributed by atoms with Crippen LogP contribution in [0, 0.1) is 0 Å². The fourth-order valence-electron chi connectivity index (χ4n) is 1.27. The van der Waals surface area contributed by atoms with Crippen molar-refractivity contribution in [1.29, 1.82) is 0 Å². The first kappa shape index (κ1) is 8.87. The third-order valence-electron chi connectivity index (χ3n) is 2.29. The van der Waals surface area contributed by atoms with E-state index in [0.29, 0.717) is 0 Å². The summed E-state index contributed by atoms with van der Waals surface area (Å²) in [5, 5.41) is 8.75. The number of aliphatic hydroxyl groups excluding tert-OH is 1. The molecule has 2 nitrogen and oxygen atoms in total. The molecule has 0 aromatic rings. The van der Waals surface area contributed by atoms with Crippen LogP contribution >= 0.6 is 0 Å². The average molecular weight is 165 g/mol. The molecule has 0 aromatic carbocycles. The maximum Gasteiger partial charge on any atom is 0.248 e. The van der Waals surface area contributed by atoms with Gasteiger partial charge in [0.25, 0.3) is 0 Å². The molecule has 0 saturated heterocycles. The predicted molar refractivity (Wildman–Crippen MR) is 37.4 cm³/mol. The standard InChI is InChI=1S/C7H13F2NO/c8-7(9)3-1-6(10,5-11)2-4-7/h11H,1-5,10H2. The monoisotopic (exact) mass is 165 g/mol. The van der Waals surface area contributed by atoms with Crippen LogP contribution in [0.4, 0.5) is 8.78 Å². The Balaban J connectivity index is 2.48. The topological polar surface area (TPSA) is 46.2 Å². The molecule has 0 aromatic heterocycles. The zero-order valence-corrected chi connectivity index (χ0v) is 6.32. The highest BCUT2D eigenvalue weighted by molar-refractivity contribution is 4.91. The van der Waals surface area contributed by atoms with Gasteiger partial charge in [-0.1, -0.05) is 0 Å². The quantitative estimate of drug-likeness (QED) is 0.606. The van der Waals surface area contributed by atoms with E-state index in [1.165, 1.54) is 0 Å². The molecule has 0 spiro atoms. The molecule has 66 valence electrons. The molecule has 0 aliphatic heterocycles. The number of aliphatic hydroxyl groups is 1. The molecular formula is C7H13F2NO. The predicted octanol–water partition coefficient (Wildman–Crippen LogP) is 0.885.